The summed E-state index contributed by atoms with van der Waals surface area (Å²) < 4.78 is 0. The monoisotopic (exact) mass is 237 g/mol. The first kappa shape index (κ1) is 12.2. The lowest BCUT2D eigenvalue weighted by atomic mass is 9.69. The fraction of sp³-hybridized carbons (Fsp3) is 0.833. The molecule has 0 aromatic carbocycles. The van der Waals surface area contributed by atoms with Gasteiger partial charge in [-0.15, -0.1) is 0 Å². The van der Waals surface area contributed by atoms with Gasteiger partial charge in [-0.3, -0.25) is 0 Å². The summed E-state index contributed by atoms with van der Waals surface area (Å²) in [5.41, 5.74) is 16.9. The number of aliphatic imine (C=N–C) groups is 2. The predicted octanol–water partition coefficient (Wildman–Crippen LogP) is 0.789. The van der Waals surface area contributed by atoms with E-state index in [1.54, 1.807) is 0 Å². The molecule has 2 unspecified atom stereocenters. The third-order valence-electron chi connectivity index (χ3n) is 5.28. The summed E-state index contributed by atoms with van der Waals surface area (Å²) in [5.74, 6) is 0.923. The van der Waals surface area contributed by atoms with Crippen molar-refractivity contribution < 1.29 is 0 Å². The molecule has 2 bridgehead atoms. The zero-order valence-corrected chi connectivity index (χ0v) is 10.9. The van der Waals surface area contributed by atoms with E-state index in [-0.39, 0.29) is 23.4 Å². The van der Waals surface area contributed by atoms with E-state index in [1.165, 1.54) is 12.8 Å². The maximum atomic E-state index is 5.74. The van der Waals surface area contributed by atoms with Gasteiger partial charge in [-0.25, -0.2) is 4.99 Å². The van der Waals surface area contributed by atoms with Crippen LogP contribution in [0.2, 0.25) is 0 Å². The van der Waals surface area contributed by atoms with E-state index in [1.807, 2.05) is 0 Å². The molecule has 2 saturated carbocycles. The average Bonchev–Trinajstić information content (AvgIpc) is 2.49. The van der Waals surface area contributed by atoms with E-state index < -0.39 is 0 Å². The van der Waals surface area contributed by atoms with Gasteiger partial charge in [0.15, 0.2) is 5.96 Å². The summed E-state index contributed by atoms with van der Waals surface area (Å²) in [7, 11) is 0. The molecular formula is C12H23N5. The fourth-order valence-corrected chi connectivity index (χ4v) is 3.68. The minimum Gasteiger partial charge on any atom is -0.370 e. The quantitative estimate of drug-likeness (QED) is 0.464. The van der Waals surface area contributed by atoms with Gasteiger partial charge in [-0.05, 0) is 36.0 Å². The van der Waals surface area contributed by atoms with Crippen LogP contribution in [0.25, 0.3) is 0 Å². The molecule has 2 fully saturated rings. The SMILES string of the molecule is CC1(C)C2CC[C@@]1(C)C(N=C(N)N=C(N)N)C2. The molecule has 2 rings (SSSR count). The Balaban J connectivity index is 2.24. The van der Waals surface area contributed by atoms with E-state index in [0.717, 1.165) is 12.3 Å². The number of nitrogens with zero attached hydrogens (tertiary/aromatic N) is 2. The highest BCUT2D eigenvalue weighted by Crippen LogP contribution is 2.66. The molecule has 0 amide bonds. The fourth-order valence-electron chi connectivity index (χ4n) is 3.68. The third-order valence-corrected chi connectivity index (χ3v) is 5.28. The molecule has 0 aromatic rings. The van der Waals surface area contributed by atoms with Crippen molar-refractivity contribution in [2.24, 2.45) is 43.9 Å². The normalized spacial score (nSPS) is 39.4. The molecule has 0 radical (unpaired) electrons. The second kappa shape index (κ2) is 3.62. The molecule has 17 heavy (non-hydrogen) atoms. The summed E-state index contributed by atoms with van der Waals surface area (Å²) in [4.78, 5) is 8.32. The van der Waals surface area contributed by atoms with Gasteiger partial charge < -0.3 is 17.2 Å². The molecule has 0 heterocycles. The number of nitrogens with two attached hydrogens (primary N) is 3. The van der Waals surface area contributed by atoms with Gasteiger partial charge in [0.1, 0.15) is 0 Å². The van der Waals surface area contributed by atoms with E-state index in [9.17, 15) is 0 Å². The van der Waals surface area contributed by atoms with Crippen LogP contribution in [0.1, 0.15) is 40.0 Å². The molecular weight excluding hydrogens is 214 g/mol. The summed E-state index contributed by atoms with van der Waals surface area (Å²) >= 11 is 0. The first-order valence-corrected chi connectivity index (χ1v) is 6.20. The summed E-state index contributed by atoms with van der Waals surface area (Å²) in [6.07, 6.45) is 3.62. The third kappa shape index (κ3) is 1.68. The van der Waals surface area contributed by atoms with Crippen LogP contribution in [-0.2, 0) is 0 Å². The van der Waals surface area contributed by atoms with Crippen molar-refractivity contribution in [3.8, 4) is 0 Å². The van der Waals surface area contributed by atoms with Crippen molar-refractivity contribution in [3.05, 3.63) is 0 Å². The Kier molecular flexibility index (Phi) is 2.60. The smallest absolute Gasteiger partial charge is 0.218 e. The van der Waals surface area contributed by atoms with Crippen LogP contribution in [-0.4, -0.2) is 18.0 Å². The lowest BCUT2D eigenvalue weighted by Crippen LogP contribution is -2.36. The van der Waals surface area contributed by atoms with Crippen LogP contribution >= 0.6 is 0 Å². The molecule has 0 spiro atoms. The van der Waals surface area contributed by atoms with Gasteiger partial charge in [0, 0.05) is 0 Å². The Morgan fingerprint density at radius 2 is 1.82 bits per heavy atom. The average molecular weight is 237 g/mol. The Morgan fingerprint density at radius 1 is 1.18 bits per heavy atom. The molecule has 2 aliphatic rings. The molecule has 3 atom stereocenters. The van der Waals surface area contributed by atoms with Crippen molar-refractivity contribution >= 4 is 11.9 Å². The first-order chi connectivity index (χ1) is 7.77. The minimum absolute atomic E-state index is 0.0289. The van der Waals surface area contributed by atoms with Gasteiger partial charge in [0.2, 0.25) is 5.96 Å². The van der Waals surface area contributed by atoms with Crippen LogP contribution in [0.5, 0.6) is 0 Å². The summed E-state index contributed by atoms with van der Waals surface area (Å²) in [6, 6.07) is 0.249. The number of hydrogen-bond donors (Lipinski definition) is 3. The van der Waals surface area contributed by atoms with E-state index in [0.29, 0.717) is 5.41 Å². The second-order valence-electron chi connectivity index (χ2n) is 6.15. The number of fused-ring (bicyclic) bond motifs is 2. The molecule has 0 saturated heterocycles. The number of rotatable bonds is 1. The molecule has 5 nitrogen and oxygen atoms in total. The van der Waals surface area contributed by atoms with Crippen molar-refractivity contribution in [2.45, 2.75) is 46.1 Å². The van der Waals surface area contributed by atoms with E-state index in [2.05, 4.69) is 30.8 Å². The van der Waals surface area contributed by atoms with Crippen molar-refractivity contribution in [1.82, 2.24) is 0 Å². The van der Waals surface area contributed by atoms with Crippen LogP contribution < -0.4 is 17.2 Å². The topological polar surface area (TPSA) is 103 Å². The van der Waals surface area contributed by atoms with Gasteiger partial charge in [-0.2, -0.15) is 4.99 Å². The van der Waals surface area contributed by atoms with Crippen molar-refractivity contribution in [3.63, 3.8) is 0 Å². The highest BCUT2D eigenvalue weighted by molar-refractivity contribution is 5.92. The molecule has 0 aliphatic heterocycles. The maximum absolute atomic E-state index is 5.74. The Morgan fingerprint density at radius 3 is 2.24 bits per heavy atom. The largest absolute Gasteiger partial charge is 0.370 e. The van der Waals surface area contributed by atoms with Crippen molar-refractivity contribution in [2.75, 3.05) is 0 Å². The number of hydrogen-bond acceptors (Lipinski definition) is 1. The zero-order chi connectivity index (χ0) is 12.8. The molecule has 96 valence electrons. The van der Waals surface area contributed by atoms with Gasteiger partial charge >= 0.3 is 0 Å². The van der Waals surface area contributed by atoms with Gasteiger partial charge in [0.05, 0.1) is 6.04 Å². The highest BCUT2D eigenvalue weighted by Gasteiger charge is 2.61. The van der Waals surface area contributed by atoms with Crippen LogP contribution in [0.15, 0.2) is 9.98 Å². The van der Waals surface area contributed by atoms with Gasteiger partial charge in [-0.1, -0.05) is 20.8 Å². The predicted molar refractivity (Wildman–Crippen MR) is 70.4 cm³/mol. The van der Waals surface area contributed by atoms with Crippen LogP contribution in [0.3, 0.4) is 0 Å². The van der Waals surface area contributed by atoms with E-state index >= 15 is 0 Å². The lowest BCUT2D eigenvalue weighted by Gasteiger charge is -2.37. The van der Waals surface area contributed by atoms with Crippen LogP contribution in [0.4, 0.5) is 0 Å². The number of guanidine groups is 2. The highest BCUT2D eigenvalue weighted by atomic mass is 15.1. The lowest BCUT2D eigenvalue weighted by molar-refractivity contribution is 0.137. The standard InChI is InChI=1S/C12H23N5/c1-11(2)7-4-5-12(11,3)8(6-7)16-10(15)17-9(13)14/h7-8H,4-6H2,1-3H3,(H6,13,14,15,16,17)/t7?,8?,12-/m0/s1. The first-order valence-electron chi connectivity index (χ1n) is 6.20. The van der Waals surface area contributed by atoms with Crippen LogP contribution in [0, 0.1) is 16.7 Å². The second-order valence-corrected chi connectivity index (χ2v) is 6.15. The maximum Gasteiger partial charge on any atom is 0.218 e. The Bertz CT molecular complexity index is 380. The zero-order valence-electron chi connectivity index (χ0n) is 10.9. The molecule has 0 aromatic heterocycles. The molecule has 6 N–H and O–H groups in total. The van der Waals surface area contributed by atoms with Gasteiger partial charge in [0.25, 0.3) is 0 Å². The molecule has 2 aliphatic carbocycles. The Hall–Kier alpha value is -1.26. The minimum atomic E-state index is -0.0289. The molecule has 5 heteroatoms. The van der Waals surface area contributed by atoms with Crippen molar-refractivity contribution in [1.29, 1.82) is 0 Å². The summed E-state index contributed by atoms with van der Waals surface area (Å²) in [5, 5.41) is 0. The Labute approximate surface area is 103 Å². The van der Waals surface area contributed by atoms with E-state index in [4.69, 9.17) is 17.2 Å². The summed E-state index contributed by atoms with van der Waals surface area (Å²) in [6.45, 7) is 7.00.